The monoisotopic (exact) mass is 409 g/mol. The number of pyridine rings is 1. The first kappa shape index (κ1) is 20.0. The first-order chi connectivity index (χ1) is 13.8. The number of carbonyl (C=O) groups is 1. The van der Waals surface area contributed by atoms with Gasteiger partial charge in [-0.1, -0.05) is 25.8 Å². The highest BCUT2D eigenvalue weighted by Gasteiger charge is 2.26. The van der Waals surface area contributed by atoms with Gasteiger partial charge in [-0.3, -0.25) is 9.78 Å². The van der Waals surface area contributed by atoms with Gasteiger partial charge in [-0.25, -0.2) is 4.98 Å². The van der Waals surface area contributed by atoms with E-state index in [1.165, 1.54) is 30.7 Å². The van der Waals surface area contributed by atoms with Gasteiger partial charge in [-0.2, -0.15) is 0 Å². The third-order valence-electron chi connectivity index (χ3n) is 5.71. The summed E-state index contributed by atoms with van der Waals surface area (Å²) in [5, 5.41) is 14.8. The van der Waals surface area contributed by atoms with Crippen LogP contribution >= 0.6 is 11.3 Å². The maximum absolute atomic E-state index is 12.6. The van der Waals surface area contributed by atoms with E-state index >= 15 is 0 Å². The first-order valence-corrected chi connectivity index (χ1v) is 11.0. The average molecular weight is 410 g/mol. The van der Waals surface area contributed by atoms with Crippen LogP contribution < -0.4 is 5.32 Å². The van der Waals surface area contributed by atoms with Gasteiger partial charge in [0, 0.05) is 23.4 Å². The molecule has 29 heavy (non-hydrogen) atoms. The fourth-order valence-corrected chi connectivity index (χ4v) is 5.12. The minimum absolute atomic E-state index is 0.290. The molecule has 1 saturated carbocycles. The van der Waals surface area contributed by atoms with Crippen LogP contribution in [0.1, 0.15) is 73.4 Å². The van der Waals surface area contributed by atoms with Crippen LogP contribution in [0.2, 0.25) is 0 Å². The van der Waals surface area contributed by atoms with Gasteiger partial charge in [0.2, 0.25) is 0 Å². The summed E-state index contributed by atoms with van der Waals surface area (Å²) in [6.45, 7) is 5.77. The minimum atomic E-state index is -1.11. The zero-order valence-electron chi connectivity index (χ0n) is 17.1. The quantitative estimate of drug-likeness (QED) is 0.599. The molecule has 0 radical (unpaired) electrons. The van der Waals surface area contributed by atoms with E-state index in [0.717, 1.165) is 16.1 Å². The lowest BCUT2D eigenvalue weighted by Crippen LogP contribution is -2.21. The van der Waals surface area contributed by atoms with Crippen molar-refractivity contribution in [2.75, 3.05) is 5.32 Å². The van der Waals surface area contributed by atoms with Gasteiger partial charge in [0.05, 0.1) is 20.8 Å². The van der Waals surface area contributed by atoms with Gasteiger partial charge < -0.3 is 10.4 Å². The Hall–Kier alpha value is -2.31. The Bertz CT molecular complexity index is 1020. The summed E-state index contributed by atoms with van der Waals surface area (Å²) < 4.78 is 1.03. The van der Waals surface area contributed by atoms with E-state index in [4.69, 9.17) is 4.98 Å². The van der Waals surface area contributed by atoms with Gasteiger partial charge in [0.15, 0.2) is 0 Å². The molecule has 0 bridgehead atoms. The number of hydrogen-bond acceptors (Lipinski definition) is 5. The van der Waals surface area contributed by atoms with Crippen molar-refractivity contribution >= 4 is 33.1 Å². The van der Waals surface area contributed by atoms with Crippen LogP contribution in [0.15, 0.2) is 36.5 Å². The minimum Gasteiger partial charge on any atom is -0.386 e. The van der Waals surface area contributed by atoms with E-state index < -0.39 is 5.60 Å². The molecule has 0 spiro atoms. The van der Waals surface area contributed by atoms with Crippen molar-refractivity contribution in [1.29, 1.82) is 0 Å². The van der Waals surface area contributed by atoms with Gasteiger partial charge in [-0.05, 0) is 56.9 Å². The van der Waals surface area contributed by atoms with E-state index in [9.17, 15) is 9.90 Å². The normalized spacial score (nSPS) is 20.0. The lowest BCUT2D eigenvalue weighted by atomic mass is 9.83. The van der Waals surface area contributed by atoms with Gasteiger partial charge in [0.25, 0.3) is 5.91 Å². The molecule has 1 aliphatic rings. The Labute approximate surface area is 175 Å². The number of benzene rings is 1. The number of thiazole rings is 1. The topological polar surface area (TPSA) is 75.1 Å². The Kier molecular flexibility index (Phi) is 5.40. The van der Waals surface area contributed by atoms with E-state index in [2.05, 4.69) is 17.2 Å². The highest BCUT2D eigenvalue weighted by atomic mass is 32.1. The molecule has 5 nitrogen and oxygen atoms in total. The van der Waals surface area contributed by atoms with Crippen molar-refractivity contribution in [3.63, 3.8) is 0 Å². The molecule has 2 aromatic heterocycles. The molecule has 2 N–H and O–H groups in total. The Morgan fingerprint density at radius 3 is 2.62 bits per heavy atom. The van der Waals surface area contributed by atoms with E-state index in [1.54, 1.807) is 49.6 Å². The second-order valence-corrected chi connectivity index (χ2v) is 9.66. The number of fused-ring (bicyclic) bond motifs is 1. The summed E-state index contributed by atoms with van der Waals surface area (Å²) in [5.41, 5.74) is 1.38. The number of nitrogens with zero attached hydrogens (tertiary/aromatic N) is 2. The molecule has 0 unspecified atom stereocenters. The van der Waals surface area contributed by atoms with Gasteiger partial charge in [-0.15, -0.1) is 11.3 Å². The smallest absolute Gasteiger partial charge is 0.274 e. The highest BCUT2D eigenvalue weighted by Crippen LogP contribution is 2.41. The molecule has 152 valence electrons. The highest BCUT2D eigenvalue weighted by molar-refractivity contribution is 7.18. The molecule has 0 atom stereocenters. The Morgan fingerprint density at radius 2 is 1.97 bits per heavy atom. The standard InChI is InChI=1S/C23H27N3O2S/c1-14-7-9-15(10-8-14)22-26-19-12-16(23(2,3)28)18(13-20(19)29-22)25-21(27)17-6-4-5-11-24-17/h4-6,11-15,28H,7-10H2,1-3H3,(H,25,27). The number of amides is 1. The van der Waals surface area contributed by atoms with Crippen molar-refractivity contribution in [3.05, 3.63) is 52.8 Å². The van der Waals surface area contributed by atoms with Crippen LogP contribution in [0.5, 0.6) is 0 Å². The summed E-state index contributed by atoms with van der Waals surface area (Å²) in [5.74, 6) is 1.03. The first-order valence-electron chi connectivity index (χ1n) is 10.2. The van der Waals surface area contributed by atoms with Crippen LogP contribution in [0.25, 0.3) is 10.2 Å². The zero-order valence-corrected chi connectivity index (χ0v) is 17.9. The van der Waals surface area contributed by atoms with Crippen molar-refractivity contribution < 1.29 is 9.90 Å². The fourth-order valence-electron chi connectivity index (χ4n) is 3.97. The average Bonchev–Trinajstić information content (AvgIpc) is 3.11. The summed E-state index contributed by atoms with van der Waals surface area (Å²) in [6.07, 6.45) is 6.46. The molecule has 6 heteroatoms. The predicted molar refractivity (Wildman–Crippen MR) is 117 cm³/mol. The molecule has 2 heterocycles. The second kappa shape index (κ2) is 7.84. The number of anilines is 1. The van der Waals surface area contributed by atoms with Gasteiger partial charge >= 0.3 is 0 Å². The SMILES string of the molecule is CC1CCC(c2nc3cc(C(C)(C)O)c(NC(=O)c4ccccn4)cc3s2)CC1. The van der Waals surface area contributed by atoms with Crippen LogP contribution in [-0.4, -0.2) is 21.0 Å². The molecule has 1 aliphatic carbocycles. The summed E-state index contributed by atoms with van der Waals surface area (Å²) >= 11 is 1.70. The zero-order chi connectivity index (χ0) is 20.6. The molecular formula is C23H27N3O2S. The van der Waals surface area contributed by atoms with Crippen molar-refractivity contribution in [2.45, 2.75) is 58.0 Å². The van der Waals surface area contributed by atoms with Crippen LogP contribution in [0, 0.1) is 5.92 Å². The molecule has 4 rings (SSSR count). The van der Waals surface area contributed by atoms with Gasteiger partial charge in [0.1, 0.15) is 5.69 Å². The van der Waals surface area contributed by atoms with Crippen LogP contribution in [-0.2, 0) is 5.60 Å². The Balaban J connectivity index is 1.69. The fraction of sp³-hybridized carbons (Fsp3) is 0.435. The lowest BCUT2D eigenvalue weighted by Gasteiger charge is -2.24. The maximum atomic E-state index is 12.6. The Morgan fingerprint density at radius 1 is 1.21 bits per heavy atom. The van der Waals surface area contributed by atoms with E-state index in [1.807, 2.05) is 12.1 Å². The third-order valence-corrected chi connectivity index (χ3v) is 6.89. The number of nitrogens with one attached hydrogen (secondary N) is 1. The molecule has 1 aromatic carbocycles. The summed E-state index contributed by atoms with van der Waals surface area (Å²) in [7, 11) is 0. The van der Waals surface area contributed by atoms with E-state index in [-0.39, 0.29) is 5.91 Å². The molecule has 1 fully saturated rings. The summed E-state index contributed by atoms with van der Waals surface area (Å²) in [4.78, 5) is 21.7. The third kappa shape index (κ3) is 4.33. The van der Waals surface area contributed by atoms with Crippen molar-refractivity contribution in [3.8, 4) is 0 Å². The van der Waals surface area contributed by atoms with Crippen LogP contribution in [0.4, 0.5) is 5.69 Å². The second-order valence-electron chi connectivity index (χ2n) is 8.60. The predicted octanol–water partition coefficient (Wildman–Crippen LogP) is 5.46. The molecule has 1 amide bonds. The number of aromatic nitrogens is 2. The lowest BCUT2D eigenvalue weighted by molar-refractivity contribution is 0.0794. The largest absolute Gasteiger partial charge is 0.386 e. The molecule has 0 aliphatic heterocycles. The molecular weight excluding hydrogens is 382 g/mol. The van der Waals surface area contributed by atoms with Crippen molar-refractivity contribution in [2.24, 2.45) is 5.92 Å². The summed E-state index contributed by atoms with van der Waals surface area (Å²) in [6, 6.07) is 9.08. The van der Waals surface area contributed by atoms with Crippen LogP contribution in [0.3, 0.4) is 0 Å². The number of carbonyl (C=O) groups excluding carboxylic acids is 1. The maximum Gasteiger partial charge on any atom is 0.274 e. The number of aliphatic hydroxyl groups is 1. The number of rotatable bonds is 4. The number of hydrogen-bond donors (Lipinski definition) is 2. The molecule has 3 aromatic rings. The van der Waals surface area contributed by atoms with E-state index in [0.29, 0.717) is 22.9 Å². The van der Waals surface area contributed by atoms with Crippen molar-refractivity contribution in [1.82, 2.24) is 9.97 Å². The molecule has 0 saturated heterocycles.